The van der Waals surface area contributed by atoms with Gasteiger partial charge in [-0.25, -0.2) is 9.18 Å². The van der Waals surface area contributed by atoms with Crippen molar-refractivity contribution in [2.45, 2.75) is 12.5 Å². The van der Waals surface area contributed by atoms with E-state index in [9.17, 15) is 18.8 Å². The second kappa shape index (κ2) is 4.34. The third-order valence-corrected chi connectivity index (χ3v) is 2.99. The maximum atomic E-state index is 12.9. The zero-order valence-electron chi connectivity index (χ0n) is 10.0. The maximum Gasteiger partial charge on any atom is 0.325 e. The van der Waals surface area contributed by atoms with Crippen LogP contribution in [-0.2, 0) is 15.1 Å². The fraction of sp³-hybridized carbons (Fsp3) is 0.250. The molecule has 1 aliphatic rings. The molecule has 0 spiro atoms. The van der Waals surface area contributed by atoms with Crippen molar-refractivity contribution in [2.75, 3.05) is 6.54 Å². The molecular formula is C12H11FN2O4. The van der Waals surface area contributed by atoms with Crippen molar-refractivity contribution in [3.05, 3.63) is 35.6 Å². The van der Waals surface area contributed by atoms with E-state index < -0.39 is 35.8 Å². The second-order valence-electron chi connectivity index (χ2n) is 4.35. The number of carbonyl (C=O) groups is 3. The fourth-order valence-corrected chi connectivity index (χ4v) is 1.95. The van der Waals surface area contributed by atoms with Crippen LogP contribution in [0, 0.1) is 5.82 Å². The Labute approximate surface area is 107 Å². The number of rotatable bonds is 3. The molecular weight excluding hydrogens is 255 g/mol. The molecule has 1 fully saturated rings. The number of imide groups is 1. The number of aliphatic carboxylic acids is 1. The van der Waals surface area contributed by atoms with Crippen LogP contribution in [0.3, 0.4) is 0 Å². The molecule has 0 bridgehead atoms. The average Bonchev–Trinajstić information content (AvgIpc) is 2.54. The van der Waals surface area contributed by atoms with Crippen molar-refractivity contribution in [2.24, 2.45) is 0 Å². The van der Waals surface area contributed by atoms with Crippen molar-refractivity contribution in [1.29, 1.82) is 0 Å². The number of hydrogen-bond acceptors (Lipinski definition) is 3. The van der Waals surface area contributed by atoms with Crippen molar-refractivity contribution in [3.8, 4) is 0 Å². The minimum Gasteiger partial charge on any atom is -0.480 e. The van der Waals surface area contributed by atoms with Crippen LogP contribution in [0.15, 0.2) is 24.3 Å². The highest BCUT2D eigenvalue weighted by molar-refractivity contribution is 6.08. The van der Waals surface area contributed by atoms with E-state index in [0.717, 1.165) is 0 Å². The zero-order chi connectivity index (χ0) is 14.2. The van der Waals surface area contributed by atoms with Gasteiger partial charge in [-0.3, -0.25) is 14.5 Å². The van der Waals surface area contributed by atoms with E-state index in [1.807, 2.05) is 0 Å². The zero-order valence-corrected chi connectivity index (χ0v) is 10.0. The summed E-state index contributed by atoms with van der Waals surface area (Å²) in [6.45, 7) is 0.740. The van der Waals surface area contributed by atoms with Crippen molar-refractivity contribution in [3.63, 3.8) is 0 Å². The highest BCUT2D eigenvalue weighted by Gasteiger charge is 2.49. The summed E-state index contributed by atoms with van der Waals surface area (Å²) in [4.78, 5) is 35.0. The fourth-order valence-electron chi connectivity index (χ4n) is 1.95. The highest BCUT2D eigenvalue weighted by Crippen LogP contribution is 2.28. The number of amides is 3. The van der Waals surface area contributed by atoms with E-state index in [4.69, 9.17) is 5.11 Å². The van der Waals surface area contributed by atoms with Crippen LogP contribution in [-0.4, -0.2) is 34.5 Å². The highest BCUT2D eigenvalue weighted by atomic mass is 19.1. The topological polar surface area (TPSA) is 86.7 Å². The molecule has 6 nitrogen and oxygen atoms in total. The van der Waals surface area contributed by atoms with Gasteiger partial charge in [0.2, 0.25) is 0 Å². The van der Waals surface area contributed by atoms with E-state index in [1.54, 1.807) is 0 Å². The number of halogens is 1. The lowest BCUT2D eigenvalue weighted by molar-refractivity contribution is -0.142. The molecule has 19 heavy (non-hydrogen) atoms. The summed E-state index contributed by atoms with van der Waals surface area (Å²) in [5, 5.41) is 11.1. The number of benzene rings is 1. The van der Waals surface area contributed by atoms with Crippen LogP contribution in [0.5, 0.6) is 0 Å². The minimum atomic E-state index is -1.37. The van der Waals surface area contributed by atoms with Gasteiger partial charge in [-0.15, -0.1) is 0 Å². The number of urea groups is 1. The van der Waals surface area contributed by atoms with Crippen LogP contribution in [0.25, 0.3) is 0 Å². The van der Waals surface area contributed by atoms with Gasteiger partial charge in [0.25, 0.3) is 5.91 Å². The van der Waals surface area contributed by atoms with E-state index in [0.29, 0.717) is 10.5 Å². The van der Waals surface area contributed by atoms with E-state index in [2.05, 4.69) is 5.32 Å². The van der Waals surface area contributed by atoms with Gasteiger partial charge in [-0.05, 0) is 24.6 Å². The quantitative estimate of drug-likeness (QED) is 0.787. The Balaban J connectivity index is 2.35. The number of nitrogens with one attached hydrogen (secondary N) is 1. The summed E-state index contributed by atoms with van der Waals surface area (Å²) >= 11 is 0. The number of nitrogens with zero attached hydrogens (tertiary/aromatic N) is 1. The molecule has 0 aliphatic carbocycles. The largest absolute Gasteiger partial charge is 0.480 e. The van der Waals surface area contributed by atoms with Gasteiger partial charge in [-0.2, -0.15) is 0 Å². The predicted octanol–water partition coefficient (Wildman–Crippen LogP) is 0.677. The number of hydrogen-bond donors (Lipinski definition) is 2. The Hall–Kier alpha value is -2.44. The van der Waals surface area contributed by atoms with Crippen LogP contribution in [0.4, 0.5) is 9.18 Å². The van der Waals surface area contributed by atoms with Crippen LogP contribution in [0.1, 0.15) is 12.5 Å². The first-order chi connectivity index (χ1) is 8.84. The summed E-state index contributed by atoms with van der Waals surface area (Å²) in [5.74, 6) is -2.43. The molecule has 1 unspecified atom stereocenters. The lowest BCUT2D eigenvalue weighted by Gasteiger charge is -2.21. The molecule has 1 saturated heterocycles. The predicted molar refractivity (Wildman–Crippen MR) is 61.6 cm³/mol. The Morgan fingerprint density at radius 3 is 2.47 bits per heavy atom. The smallest absolute Gasteiger partial charge is 0.325 e. The lowest BCUT2D eigenvalue weighted by Crippen LogP contribution is -2.41. The molecule has 1 aromatic carbocycles. The maximum absolute atomic E-state index is 12.9. The van der Waals surface area contributed by atoms with Gasteiger partial charge in [0, 0.05) is 0 Å². The standard InChI is InChI=1S/C12H11FN2O4/c1-12(7-2-4-8(13)5-3-7)10(18)15(6-9(16)17)11(19)14-12/h2-5H,6H2,1H3,(H,14,19)(H,16,17). The molecule has 0 radical (unpaired) electrons. The first kappa shape index (κ1) is 13.0. The van der Waals surface area contributed by atoms with Crippen LogP contribution < -0.4 is 5.32 Å². The molecule has 3 amide bonds. The monoisotopic (exact) mass is 266 g/mol. The molecule has 100 valence electrons. The van der Waals surface area contributed by atoms with Crippen LogP contribution >= 0.6 is 0 Å². The molecule has 1 aliphatic heterocycles. The first-order valence-corrected chi connectivity index (χ1v) is 5.46. The summed E-state index contributed by atoms with van der Waals surface area (Å²) in [7, 11) is 0. The van der Waals surface area contributed by atoms with Crippen molar-refractivity contribution in [1.82, 2.24) is 10.2 Å². The minimum absolute atomic E-state index is 0.389. The number of carboxylic acid groups (broad SMARTS) is 1. The SMILES string of the molecule is CC1(c2ccc(F)cc2)NC(=O)N(CC(=O)O)C1=O. The summed E-state index contributed by atoms with van der Waals surface area (Å²) < 4.78 is 12.9. The van der Waals surface area contributed by atoms with Crippen molar-refractivity contribution < 1.29 is 23.9 Å². The molecule has 0 aromatic heterocycles. The summed E-state index contributed by atoms with van der Waals surface area (Å²) in [5.41, 5.74) is -0.986. The van der Waals surface area contributed by atoms with E-state index in [-0.39, 0.29) is 0 Å². The van der Waals surface area contributed by atoms with Crippen molar-refractivity contribution >= 4 is 17.9 Å². The molecule has 1 atom stereocenters. The Morgan fingerprint density at radius 1 is 1.37 bits per heavy atom. The number of carboxylic acids is 1. The third kappa shape index (κ3) is 2.14. The average molecular weight is 266 g/mol. The van der Waals surface area contributed by atoms with Gasteiger partial charge in [0.1, 0.15) is 17.9 Å². The second-order valence-corrected chi connectivity index (χ2v) is 4.35. The summed E-state index contributed by atoms with van der Waals surface area (Å²) in [6, 6.07) is 4.30. The Bertz CT molecular complexity index is 557. The van der Waals surface area contributed by atoms with Gasteiger partial charge in [0.15, 0.2) is 0 Å². The lowest BCUT2D eigenvalue weighted by atomic mass is 9.92. The Morgan fingerprint density at radius 2 is 1.95 bits per heavy atom. The van der Waals surface area contributed by atoms with Gasteiger partial charge >= 0.3 is 12.0 Å². The summed E-state index contributed by atoms with van der Waals surface area (Å²) in [6.07, 6.45) is 0. The van der Waals surface area contributed by atoms with E-state index >= 15 is 0 Å². The molecule has 7 heteroatoms. The first-order valence-electron chi connectivity index (χ1n) is 5.46. The number of carbonyl (C=O) groups excluding carboxylic acids is 2. The van der Waals surface area contributed by atoms with Crippen LogP contribution in [0.2, 0.25) is 0 Å². The van der Waals surface area contributed by atoms with E-state index in [1.165, 1.54) is 31.2 Å². The molecule has 2 N–H and O–H groups in total. The molecule has 1 heterocycles. The normalized spacial score (nSPS) is 22.5. The molecule has 1 aromatic rings. The van der Waals surface area contributed by atoms with Gasteiger partial charge in [0.05, 0.1) is 0 Å². The Kier molecular flexibility index (Phi) is 2.97. The third-order valence-electron chi connectivity index (χ3n) is 2.99. The van der Waals surface area contributed by atoms with Gasteiger partial charge < -0.3 is 10.4 Å². The molecule has 2 rings (SSSR count). The molecule has 0 saturated carbocycles. The van der Waals surface area contributed by atoms with Gasteiger partial charge in [-0.1, -0.05) is 12.1 Å².